The Hall–Kier alpha value is -0.123. The van der Waals surface area contributed by atoms with Gasteiger partial charge in [0.2, 0.25) is 0 Å². The smallest absolute Gasteiger partial charge is 0.184 e. The van der Waals surface area contributed by atoms with E-state index in [0.717, 1.165) is 36.0 Å². The third kappa shape index (κ3) is 4.69. The number of aliphatic hydroxyl groups is 1. The summed E-state index contributed by atoms with van der Waals surface area (Å²) >= 11 is 0. The van der Waals surface area contributed by atoms with Crippen LogP contribution in [0, 0.1) is 40.4 Å². The van der Waals surface area contributed by atoms with Crippen LogP contribution in [0.5, 0.6) is 0 Å². The Morgan fingerprint density at radius 2 is 1.78 bits per heavy atom. The standard InChI is InChI=1S/C29H52O2Si/c1-20(9-8-10-21(2)30)25-13-14-26-24-12-11-22-19-23(31-32(5,6)7)15-17-28(22,3)27(24)16-18-29(25,26)4/h11,20-21,23-27,30H,8-10,12-19H2,1-7H3/t20-,21-,23+,24+,25-,26+,27+,28+,29-/m1/s1. The monoisotopic (exact) mass is 460 g/mol. The van der Waals surface area contributed by atoms with Gasteiger partial charge in [-0.1, -0.05) is 45.3 Å². The van der Waals surface area contributed by atoms with E-state index >= 15 is 0 Å². The summed E-state index contributed by atoms with van der Waals surface area (Å²) in [5.41, 5.74) is 2.74. The van der Waals surface area contributed by atoms with Gasteiger partial charge in [0.25, 0.3) is 0 Å². The molecule has 0 aromatic rings. The molecule has 0 bridgehead atoms. The highest BCUT2D eigenvalue weighted by molar-refractivity contribution is 6.69. The fourth-order valence-corrected chi connectivity index (χ4v) is 10.3. The first-order chi connectivity index (χ1) is 14.9. The van der Waals surface area contributed by atoms with E-state index in [4.69, 9.17) is 4.43 Å². The van der Waals surface area contributed by atoms with Crippen LogP contribution in [0.1, 0.15) is 98.3 Å². The number of fused-ring (bicyclic) bond motifs is 5. The van der Waals surface area contributed by atoms with Crippen LogP contribution < -0.4 is 0 Å². The Kier molecular flexibility index (Phi) is 7.15. The summed E-state index contributed by atoms with van der Waals surface area (Å²) in [5, 5.41) is 9.68. The van der Waals surface area contributed by atoms with Crippen molar-refractivity contribution in [3.63, 3.8) is 0 Å². The van der Waals surface area contributed by atoms with E-state index in [0.29, 0.717) is 16.9 Å². The molecule has 4 rings (SSSR count). The van der Waals surface area contributed by atoms with Crippen molar-refractivity contribution in [3.05, 3.63) is 11.6 Å². The molecule has 0 aromatic heterocycles. The minimum absolute atomic E-state index is 0.139. The first-order valence-electron chi connectivity index (χ1n) is 14.0. The molecule has 4 aliphatic rings. The molecule has 0 amide bonds. The van der Waals surface area contributed by atoms with Gasteiger partial charge in [-0.15, -0.1) is 0 Å². The summed E-state index contributed by atoms with van der Waals surface area (Å²) in [6.45, 7) is 16.8. The fraction of sp³-hybridized carbons (Fsp3) is 0.931. The average molecular weight is 461 g/mol. The molecule has 2 nitrogen and oxygen atoms in total. The van der Waals surface area contributed by atoms with Crippen molar-refractivity contribution < 1.29 is 9.53 Å². The first-order valence-corrected chi connectivity index (χ1v) is 17.4. The number of hydrogen-bond donors (Lipinski definition) is 1. The number of aliphatic hydroxyl groups excluding tert-OH is 1. The van der Waals surface area contributed by atoms with E-state index in [1.807, 2.05) is 6.92 Å². The van der Waals surface area contributed by atoms with Crippen LogP contribution in [-0.4, -0.2) is 25.6 Å². The van der Waals surface area contributed by atoms with Crippen LogP contribution in [0.3, 0.4) is 0 Å². The number of rotatable bonds is 7. The third-order valence-corrected chi connectivity index (χ3v) is 11.7. The molecule has 9 atom stereocenters. The molecule has 0 unspecified atom stereocenters. The van der Waals surface area contributed by atoms with E-state index in [-0.39, 0.29) is 6.10 Å². The van der Waals surface area contributed by atoms with Gasteiger partial charge in [0.15, 0.2) is 8.32 Å². The van der Waals surface area contributed by atoms with Gasteiger partial charge < -0.3 is 9.53 Å². The topological polar surface area (TPSA) is 29.5 Å². The van der Waals surface area contributed by atoms with Gasteiger partial charge in [-0.3, -0.25) is 0 Å². The normalized spacial score (nSPS) is 43.6. The maximum absolute atomic E-state index is 9.68. The van der Waals surface area contributed by atoms with E-state index in [1.54, 1.807) is 5.57 Å². The summed E-state index contributed by atoms with van der Waals surface area (Å²) in [7, 11) is -1.46. The highest BCUT2D eigenvalue weighted by atomic mass is 28.4. The molecule has 0 heterocycles. The molecule has 3 heteroatoms. The van der Waals surface area contributed by atoms with Crippen molar-refractivity contribution in [2.45, 2.75) is 130 Å². The molecule has 0 radical (unpaired) electrons. The Labute approximate surface area is 200 Å². The summed E-state index contributed by atoms with van der Waals surface area (Å²) in [6.07, 6.45) is 17.4. The lowest BCUT2D eigenvalue weighted by Gasteiger charge is -2.58. The van der Waals surface area contributed by atoms with Crippen molar-refractivity contribution in [1.82, 2.24) is 0 Å². The third-order valence-electron chi connectivity index (χ3n) is 10.6. The lowest BCUT2D eigenvalue weighted by atomic mass is 9.47. The van der Waals surface area contributed by atoms with Crippen molar-refractivity contribution in [1.29, 1.82) is 0 Å². The minimum Gasteiger partial charge on any atom is -0.414 e. The lowest BCUT2D eigenvalue weighted by molar-refractivity contribution is -0.0563. The van der Waals surface area contributed by atoms with Gasteiger partial charge in [0, 0.05) is 6.10 Å². The van der Waals surface area contributed by atoms with Gasteiger partial charge in [0.1, 0.15) is 0 Å². The van der Waals surface area contributed by atoms with Crippen molar-refractivity contribution in [2.75, 3.05) is 0 Å². The van der Waals surface area contributed by atoms with Crippen molar-refractivity contribution >= 4 is 8.32 Å². The van der Waals surface area contributed by atoms with Gasteiger partial charge >= 0.3 is 0 Å². The average Bonchev–Trinajstić information content (AvgIpc) is 3.04. The quantitative estimate of drug-likeness (QED) is 0.308. The predicted octanol–water partition coefficient (Wildman–Crippen LogP) is 7.97. The molecule has 1 N–H and O–H groups in total. The molecule has 4 aliphatic carbocycles. The highest BCUT2D eigenvalue weighted by Crippen LogP contribution is 2.67. The van der Waals surface area contributed by atoms with Crippen LogP contribution in [0.15, 0.2) is 11.6 Å². The minimum atomic E-state index is -1.46. The van der Waals surface area contributed by atoms with E-state index in [2.05, 4.69) is 46.5 Å². The van der Waals surface area contributed by atoms with Crippen LogP contribution >= 0.6 is 0 Å². The zero-order valence-electron chi connectivity index (χ0n) is 22.3. The van der Waals surface area contributed by atoms with Crippen LogP contribution in [0.4, 0.5) is 0 Å². The molecule has 184 valence electrons. The highest BCUT2D eigenvalue weighted by Gasteiger charge is 2.59. The molecular formula is C29H52O2Si. The molecule has 0 aliphatic heterocycles. The van der Waals surface area contributed by atoms with Gasteiger partial charge in [-0.05, 0) is 125 Å². The van der Waals surface area contributed by atoms with Gasteiger partial charge in [-0.2, -0.15) is 0 Å². The molecule has 3 fully saturated rings. The predicted molar refractivity (Wildman–Crippen MR) is 138 cm³/mol. The molecule has 0 spiro atoms. The SMILES string of the molecule is C[C@H](CCC[C@@H](C)O)[C@H]1CC[C@H]2[C@@H]3CC=C4C[C@@H](O[Si](C)(C)C)CC[C@]4(C)[C@H]3CC[C@]12C. The van der Waals surface area contributed by atoms with Gasteiger partial charge in [0.05, 0.1) is 6.10 Å². The Bertz CT molecular complexity index is 694. The van der Waals surface area contributed by atoms with Crippen molar-refractivity contribution in [2.24, 2.45) is 40.4 Å². The molecule has 0 aromatic carbocycles. The van der Waals surface area contributed by atoms with Gasteiger partial charge in [-0.25, -0.2) is 0 Å². The van der Waals surface area contributed by atoms with Crippen LogP contribution in [0.2, 0.25) is 19.6 Å². The van der Waals surface area contributed by atoms with E-state index in [9.17, 15) is 5.11 Å². The van der Waals surface area contributed by atoms with Crippen LogP contribution in [-0.2, 0) is 4.43 Å². The van der Waals surface area contributed by atoms with Crippen LogP contribution in [0.25, 0.3) is 0 Å². The van der Waals surface area contributed by atoms with Crippen molar-refractivity contribution in [3.8, 4) is 0 Å². The largest absolute Gasteiger partial charge is 0.414 e. The Balaban J connectivity index is 1.46. The van der Waals surface area contributed by atoms with E-state index < -0.39 is 8.32 Å². The maximum Gasteiger partial charge on any atom is 0.184 e. The molecule has 0 saturated heterocycles. The summed E-state index contributed by atoms with van der Waals surface area (Å²) in [5.74, 6) is 4.43. The summed E-state index contributed by atoms with van der Waals surface area (Å²) in [4.78, 5) is 0. The lowest BCUT2D eigenvalue weighted by Crippen LogP contribution is -2.51. The number of allylic oxidation sites excluding steroid dienone is 1. The zero-order chi connectivity index (χ0) is 23.3. The molecule has 32 heavy (non-hydrogen) atoms. The zero-order valence-corrected chi connectivity index (χ0v) is 23.3. The second-order valence-electron chi connectivity index (χ2n) is 13.8. The second-order valence-corrected chi connectivity index (χ2v) is 18.3. The number of hydrogen-bond acceptors (Lipinski definition) is 2. The summed E-state index contributed by atoms with van der Waals surface area (Å²) in [6, 6.07) is 0. The second kappa shape index (κ2) is 9.15. The Morgan fingerprint density at radius 1 is 1.03 bits per heavy atom. The van der Waals surface area contributed by atoms with E-state index in [1.165, 1.54) is 64.2 Å². The molecular weight excluding hydrogens is 408 g/mol. The first kappa shape index (κ1) is 25.0. The summed E-state index contributed by atoms with van der Waals surface area (Å²) < 4.78 is 6.56. The Morgan fingerprint density at radius 3 is 2.47 bits per heavy atom. The fourth-order valence-electron chi connectivity index (χ4n) is 9.14. The maximum atomic E-state index is 9.68. The molecule has 3 saturated carbocycles.